The van der Waals surface area contributed by atoms with E-state index < -0.39 is 0 Å². The molecule has 1 aromatic heterocycles. The van der Waals surface area contributed by atoms with Gasteiger partial charge in [0.2, 0.25) is 11.8 Å². The number of anilines is 1. The molecular formula is C17H23N3O2. The molecule has 1 spiro atoms. The average molecular weight is 301 g/mol. The molecule has 3 heterocycles. The molecule has 5 heteroatoms. The second-order valence-electron chi connectivity index (χ2n) is 6.34. The number of amides is 2. The second kappa shape index (κ2) is 6.07. The highest BCUT2D eigenvalue weighted by atomic mass is 16.2. The molecule has 0 N–H and O–H groups in total. The monoisotopic (exact) mass is 301 g/mol. The van der Waals surface area contributed by atoms with Gasteiger partial charge >= 0.3 is 0 Å². The predicted octanol–water partition coefficient (Wildman–Crippen LogP) is 2.37. The first-order chi connectivity index (χ1) is 10.7. The highest BCUT2D eigenvalue weighted by Gasteiger charge is 2.50. The van der Waals surface area contributed by atoms with Gasteiger partial charge in [0.05, 0.1) is 23.8 Å². The van der Waals surface area contributed by atoms with Crippen LogP contribution in [-0.4, -0.2) is 40.3 Å². The van der Waals surface area contributed by atoms with Crippen molar-refractivity contribution in [1.29, 1.82) is 0 Å². The normalized spacial score (nSPS) is 25.0. The van der Waals surface area contributed by atoms with Crippen molar-refractivity contribution in [2.75, 3.05) is 18.0 Å². The number of hydrogen-bond donors (Lipinski definition) is 0. The van der Waals surface area contributed by atoms with Crippen molar-refractivity contribution >= 4 is 17.5 Å². The number of aromatic nitrogens is 1. The number of piperidine rings is 1. The topological polar surface area (TPSA) is 53.5 Å². The van der Waals surface area contributed by atoms with Gasteiger partial charge in [-0.15, -0.1) is 0 Å². The Hall–Kier alpha value is -1.91. The van der Waals surface area contributed by atoms with Gasteiger partial charge < -0.3 is 9.80 Å². The van der Waals surface area contributed by atoms with Crippen molar-refractivity contribution in [3.63, 3.8) is 0 Å². The lowest BCUT2D eigenvalue weighted by Crippen LogP contribution is -2.56. The lowest BCUT2D eigenvalue weighted by atomic mass is 9.85. The van der Waals surface area contributed by atoms with Gasteiger partial charge in [0.15, 0.2) is 0 Å². The minimum absolute atomic E-state index is 0.101. The molecule has 2 saturated heterocycles. The maximum absolute atomic E-state index is 12.5. The Balaban J connectivity index is 1.86. The second-order valence-corrected chi connectivity index (χ2v) is 6.34. The zero-order valence-corrected chi connectivity index (χ0v) is 13.1. The van der Waals surface area contributed by atoms with Crippen LogP contribution < -0.4 is 4.90 Å². The molecule has 3 rings (SSSR count). The van der Waals surface area contributed by atoms with E-state index in [0.29, 0.717) is 19.4 Å². The number of nitrogens with zero attached hydrogens (tertiary/aromatic N) is 3. The highest BCUT2D eigenvalue weighted by Crippen LogP contribution is 2.39. The number of rotatable bonds is 3. The van der Waals surface area contributed by atoms with Crippen LogP contribution in [0.3, 0.4) is 0 Å². The molecule has 2 aliphatic rings. The summed E-state index contributed by atoms with van der Waals surface area (Å²) in [6.45, 7) is 3.41. The van der Waals surface area contributed by atoms with E-state index in [9.17, 15) is 9.59 Å². The lowest BCUT2D eigenvalue weighted by molar-refractivity contribution is -0.139. The molecule has 1 aromatic rings. The Morgan fingerprint density at radius 2 is 2.27 bits per heavy atom. The predicted molar refractivity (Wildman–Crippen MR) is 84.4 cm³/mol. The molecule has 2 amide bonds. The summed E-state index contributed by atoms with van der Waals surface area (Å²) in [5.74, 6) is 0.298. The van der Waals surface area contributed by atoms with Crippen molar-refractivity contribution in [2.24, 2.45) is 0 Å². The summed E-state index contributed by atoms with van der Waals surface area (Å²) in [6.07, 6.45) is 8.34. The minimum Gasteiger partial charge on any atom is -0.335 e. The maximum Gasteiger partial charge on any atom is 0.229 e. The number of likely N-dealkylation sites (tertiary alicyclic amines) is 1. The smallest absolute Gasteiger partial charge is 0.229 e. The molecular weight excluding hydrogens is 278 g/mol. The standard InChI is InChI=1S/C17H23N3O2/c1-2-6-15(21)20-10-4-3-8-17(20)11-16(22)19(13-17)14-7-5-9-18-12-14/h5,7,9,12H,2-4,6,8,10-11,13H2,1H3/t17-/m0/s1. The van der Waals surface area contributed by atoms with E-state index in [1.807, 2.05) is 24.0 Å². The summed E-state index contributed by atoms with van der Waals surface area (Å²) in [5, 5.41) is 0. The first-order valence-corrected chi connectivity index (χ1v) is 8.17. The Labute approximate surface area is 131 Å². The van der Waals surface area contributed by atoms with Crippen LogP contribution in [0.5, 0.6) is 0 Å². The molecule has 0 bridgehead atoms. The first-order valence-electron chi connectivity index (χ1n) is 8.17. The van der Waals surface area contributed by atoms with Gasteiger partial charge in [0, 0.05) is 25.7 Å². The molecule has 1 atom stereocenters. The van der Waals surface area contributed by atoms with Crippen LogP contribution in [0.25, 0.3) is 0 Å². The summed E-state index contributed by atoms with van der Waals surface area (Å²) < 4.78 is 0. The van der Waals surface area contributed by atoms with Gasteiger partial charge in [-0.2, -0.15) is 0 Å². The Morgan fingerprint density at radius 3 is 3.00 bits per heavy atom. The van der Waals surface area contributed by atoms with E-state index in [-0.39, 0.29) is 17.4 Å². The van der Waals surface area contributed by atoms with Crippen molar-refractivity contribution in [1.82, 2.24) is 9.88 Å². The van der Waals surface area contributed by atoms with Gasteiger partial charge in [-0.25, -0.2) is 0 Å². The van der Waals surface area contributed by atoms with E-state index in [1.54, 1.807) is 17.3 Å². The Morgan fingerprint density at radius 1 is 1.41 bits per heavy atom. The van der Waals surface area contributed by atoms with Crippen LogP contribution in [0.1, 0.15) is 45.4 Å². The van der Waals surface area contributed by atoms with Crippen molar-refractivity contribution in [3.05, 3.63) is 24.5 Å². The molecule has 118 valence electrons. The number of hydrogen-bond acceptors (Lipinski definition) is 3. The first kappa shape index (κ1) is 15.0. The largest absolute Gasteiger partial charge is 0.335 e. The molecule has 5 nitrogen and oxygen atoms in total. The van der Waals surface area contributed by atoms with E-state index in [2.05, 4.69) is 4.98 Å². The molecule has 22 heavy (non-hydrogen) atoms. The van der Waals surface area contributed by atoms with E-state index in [4.69, 9.17) is 0 Å². The van der Waals surface area contributed by atoms with E-state index in [0.717, 1.165) is 37.9 Å². The fourth-order valence-electron chi connectivity index (χ4n) is 3.75. The molecule has 2 fully saturated rings. The fraction of sp³-hybridized carbons (Fsp3) is 0.588. The average Bonchev–Trinajstić information content (AvgIpc) is 2.85. The molecule has 0 aromatic carbocycles. The maximum atomic E-state index is 12.5. The van der Waals surface area contributed by atoms with Crippen LogP contribution in [0.15, 0.2) is 24.5 Å². The zero-order chi connectivity index (χ0) is 15.6. The van der Waals surface area contributed by atoms with Gasteiger partial charge in [0.1, 0.15) is 0 Å². The summed E-state index contributed by atoms with van der Waals surface area (Å²) in [4.78, 5) is 32.9. The summed E-state index contributed by atoms with van der Waals surface area (Å²) >= 11 is 0. The Kier molecular flexibility index (Phi) is 4.14. The van der Waals surface area contributed by atoms with Gasteiger partial charge in [-0.05, 0) is 37.8 Å². The number of pyridine rings is 1. The zero-order valence-electron chi connectivity index (χ0n) is 13.1. The third-order valence-corrected chi connectivity index (χ3v) is 4.80. The van der Waals surface area contributed by atoms with Gasteiger partial charge in [-0.3, -0.25) is 14.6 Å². The van der Waals surface area contributed by atoms with Crippen LogP contribution in [0, 0.1) is 0 Å². The molecule has 0 aliphatic carbocycles. The highest BCUT2D eigenvalue weighted by molar-refractivity contribution is 5.97. The SMILES string of the molecule is CCCC(=O)N1CCCC[C@@]12CC(=O)N(c1cccnc1)C2. The third kappa shape index (κ3) is 2.60. The molecule has 2 aliphatic heterocycles. The Bertz CT molecular complexity index is 560. The summed E-state index contributed by atoms with van der Waals surface area (Å²) in [5.41, 5.74) is 0.523. The fourth-order valence-corrected chi connectivity index (χ4v) is 3.75. The van der Waals surface area contributed by atoms with Crippen LogP contribution in [-0.2, 0) is 9.59 Å². The summed E-state index contributed by atoms with van der Waals surface area (Å²) in [6, 6.07) is 3.75. The number of carbonyl (C=O) groups excluding carboxylic acids is 2. The van der Waals surface area contributed by atoms with E-state index in [1.165, 1.54) is 0 Å². The summed E-state index contributed by atoms with van der Waals surface area (Å²) in [7, 11) is 0. The van der Waals surface area contributed by atoms with Crippen molar-refractivity contribution in [2.45, 2.75) is 51.0 Å². The van der Waals surface area contributed by atoms with Crippen LogP contribution in [0.2, 0.25) is 0 Å². The lowest BCUT2D eigenvalue weighted by Gasteiger charge is -2.44. The minimum atomic E-state index is -0.308. The molecule has 0 radical (unpaired) electrons. The number of carbonyl (C=O) groups is 2. The van der Waals surface area contributed by atoms with Crippen LogP contribution >= 0.6 is 0 Å². The molecule has 0 unspecified atom stereocenters. The van der Waals surface area contributed by atoms with Crippen molar-refractivity contribution in [3.8, 4) is 0 Å². The van der Waals surface area contributed by atoms with E-state index >= 15 is 0 Å². The molecule has 0 saturated carbocycles. The van der Waals surface area contributed by atoms with Gasteiger partial charge in [0.25, 0.3) is 0 Å². The third-order valence-electron chi connectivity index (χ3n) is 4.80. The van der Waals surface area contributed by atoms with Crippen LogP contribution in [0.4, 0.5) is 5.69 Å². The van der Waals surface area contributed by atoms with Gasteiger partial charge in [-0.1, -0.05) is 6.92 Å². The quantitative estimate of drug-likeness (QED) is 0.861. The van der Waals surface area contributed by atoms with Crippen molar-refractivity contribution < 1.29 is 9.59 Å².